The number of anilines is 1. The summed E-state index contributed by atoms with van der Waals surface area (Å²) in [5, 5.41) is 2.90. The predicted molar refractivity (Wildman–Crippen MR) is 90.5 cm³/mol. The molecule has 3 unspecified atom stereocenters. The molecule has 0 spiro atoms. The largest absolute Gasteiger partial charge is 0.377 e. The molecule has 0 bridgehead atoms. The third-order valence-electron chi connectivity index (χ3n) is 5.24. The smallest absolute Gasteiger partial charge is 0.245 e. The number of carbonyl (C=O) groups is 1. The molecular weight excluding hydrogens is 342 g/mol. The average Bonchev–Trinajstić information content (AvgIpc) is 2.49. The van der Waals surface area contributed by atoms with Crippen LogP contribution in [0, 0.1) is 17.2 Å². The molecule has 23 heavy (non-hydrogen) atoms. The van der Waals surface area contributed by atoms with Gasteiger partial charge < -0.3 is 15.8 Å². The van der Waals surface area contributed by atoms with Crippen LogP contribution in [-0.2, 0) is 9.53 Å². The minimum Gasteiger partial charge on any atom is -0.377 e. The maximum absolute atomic E-state index is 13.9. The molecule has 128 valence electrons. The molecule has 3 atom stereocenters. The first-order valence-electron chi connectivity index (χ1n) is 7.45. The summed E-state index contributed by atoms with van der Waals surface area (Å²) in [6.07, 6.45) is 1.71. The van der Waals surface area contributed by atoms with Crippen LogP contribution in [-0.4, -0.2) is 24.2 Å². The van der Waals surface area contributed by atoms with E-state index >= 15 is 0 Å². The number of rotatable bonds is 2. The van der Waals surface area contributed by atoms with Gasteiger partial charge in [-0.25, -0.2) is 4.39 Å². The molecule has 1 aliphatic carbocycles. The Hall–Kier alpha value is -0.880. The number of ether oxygens (including phenoxy) is 1. The Balaban J connectivity index is 0.00000192. The lowest BCUT2D eigenvalue weighted by atomic mass is 9.46. The Morgan fingerprint density at radius 2 is 2.17 bits per heavy atom. The lowest BCUT2D eigenvalue weighted by Crippen LogP contribution is -2.81. The van der Waals surface area contributed by atoms with Gasteiger partial charge in [-0.15, -0.1) is 12.4 Å². The van der Waals surface area contributed by atoms with Crippen LogP contribution in [0.1, 0.15) is 26.7 Å². The van der Waals surface area contributed by atoms with Gasteiger partial charge in [0.15, 0.2) is 0 Å². The molecule has 1 aromatic rings. The first kappa shape index (κ1) is 18.5. The lowest BCUT2D eigenvalue weighted by Gasteiger charge is -2.65. The van der Waals surface area contributed by atoms with Crippen molar-refractivity contribution in [3.05, 3.63) is 29.0 Å². The zero-order chi connectivity index (χ0) is 16.1. The van der Waals surface area contributed by atoms with Crippen LogP contribution in [0.3, 0.4) is 0 Å². The predicted octanol–water partition coefficient (Wildman–Crippen LogP) is 3.37. The SMILES string of the molecule is CC1(C)C2OCCCC2C1(N)C(=O)Nc1ccc(Cl)cc1F.Cl. The Morgan fingerprint density at radius 1 is 1.48 bits per heavy atom. The summed E-state index contributed by atoms with van der Waals surface area (Å²) in [6.45, 7) is 4.56. The number of halogens is 3. The van der Waals surface area contributed by atoms with Crippen molar-refractivity contribution >= 4 is 35.6 Å². The summed E-state index contributed by atoms with van der Waals surface area (Å²) in [7, 11) is 0. The molecule has 1 saturated carbocycles. The van der Waals surface area contributed by atoms with E-state index in [2.05, 4.69) is 5.32 Å². The summed E-state index contributed by atoms with van der Waals surface area (Å²) in [4.78, 5) is 12.7. The fourth-order valence-electron chi connectivity index (χ4n) is 3.85. The Morgan fingerprint density at radius 3 is 2.83 bits per heavy atom. The fourth-order valence-corrected chi connectivity index (χ4v) is 4.01. The molecule has 7 heteroatoms. The van der Waals surface area contributed by atoms with Gasteiger partial charge in [0, 0.05) is 23.0 Å². The average molecular weight is 363 g/mol. The van der Waals surface area contributed by atoms with Crippen molar-refractivity contribution in [1.82, 2.24) is 0 Å². The van der Waals surface area contributed by atoms with Gasteiger partial charge in [-0.05, 0) is 31.0 Å². The second-order valence-electron chi connectivity index (χ2n) is 6.71. The molecular formula is C16H21Cl2FN2O2. The van der Waals surface area contributed by atoms with Crippen molar-refractivity contribution in [3.63, 3.8) is 0 Å². The van der Waals surface area contributed by atoms with E-state index in [4.69, 9.17) is 22.1 Å². The summed E-state index contributed by atoms with van der Waals surface area (Å²) >= 11 is 5.72. The van der Waals surface area contributed by atoms with Crippen LogP contribution in [0.25, 0.3) is 0 Å². The van der Waals surface area contributed by atoms with E-state index in [0.717, 1.165) is 12.8 Å². The maximum atomic E-state index is 13.9. The Bertz CT molecular complexity index is 626. The van der Waals surface area contributed by atoms with Gasteiger partial charge in [-0.2, -0.15) is 0 Å². The van der Waals surface area contributed by atoms with E-state index in [1.165, 1.54) is 18.2 Å². The van der Waals surface area contributed by atoms with E-state index in [-0.39, 0.29) is 41.0 Å². The topological polar surface area (TPSA) is 64.3 Å². The number of fused-ring (bicyclic) bond motifs is 1. The summed E-state index contributed by atoms with van der Waals surface area (Å²) in [5.74, 6) is -0.977. The van der Waals surface area contributed by atoms with Crippen molar-refractivity contribution in [3.8, 4) is 0 Å². The van der Waals surface area contributed by atoms with Gasteiger partial charge in [0.05, 0.1) is 11.8 Å². The molecule has 0 radical (unpaired) electrons. The third-order valence-corrected chi connectivity index (χ3v) is 5.47. The number of benzene rings is 1. The van der Waals surface area contributed by atoms with Gasteiger partial charge in [-0.3, -0.25) is 4.79 Å². The number of hydrogen-bond donors (Lipinski definition) is 2. The molecule has 1 amide bonds. The zero-order valence-corrected chi connectivity index (χ0v) is 14.6. The van der Waals surface area contributed by atoms with Crippen molar-refractivity contribution in [1.29, 1.82) is 0 Å². The molecule has 4 nitrogen and oxygen atoms in total. The highest BCUT2D eigenvalue weighted by molar-refractivity contribution is 6.30. The van der Waals surface area contributed by atoms with E-state index in [0.29, 0.717) is 6.61 Å². The second kappa shape index (κ2) is 6.20. The first-order chi connectivity index (χ1) is 10.3. The Labute approximate surface area is 146 Å². The minimum absolute atomic E-state index is 0. The van der Waals surface area contributed by atoms with Crippen LogP contribution in [0.2, 0.25) is 5.02 Å². The monoisotopic (exact) mass is 362 g/mol. The first-order valence-corrected chi connectivity index (χ1v) is 7.83. The van der Waals surface area contributed by atoms with Crippen LogP contribution in [0.4, 0.5) is 10.1 Å². The molecule has 2 aliphatic rings. The normalized spacial score (nSPS) is 31.3. The number of nitrogens with one attached hydrogen (secondary N) is 1. The van der Waals surface area contributed by atoms with Gasteiger partial charge >= 0.3 is 0 Å². The Kier molecular flexibility index (Phi) is 4.98. The van der Waals surface area contributed by atoms with Crippen molar-refractivity contribution in [2.75, 3.05) is 11.9 Å². The summed E-state index contributed by atoms with van der Waals surface area (Å²) in [6, 6.07) is 4.14. The van der Waals surface area contributed by atoms with Gasteiger partial charge in [0.25, 0.3) is 0 Å². The highest BCUT2D eigenvalue weighted by Crippen LogP contribution is 2.57. The van der Waals surface area contributed by atoms with Crippen molar-refractivity contribution in [2.45, 2.75) is 38.3 Å². The quantitative estimate of drug-likeness (QED) is 0.847. The molecule has 1 aliphatic heterocycles. The highest BCUT2D eigenvalue weighted by atomic mass is 35.5. The molecule has 1 heterocycles. The van der Waals surface area contributed by atoms with E-state index in [9.17, 15) is 9.18 Å². The molecule has 1 saturated heterocycles. The number of nitrogens with two attached hydrogens (primary N) is 1. The number of carbonyl (C=O) groups excluding carboxylic acids is 1. The van der Waals surface area contributed by atoms with E-state index < -0.39 is 16.8 Å². The number of hydrogen-bond acceptors (Lipinski definition) is 3. The van der Waals surface area contributed by atoms with E-state index in [1.807, 2.05) is 13.8 Å². The number of amides is 1. The molecule has 3 rings (SSSR count). The van der Waals surface area contributed by atoms with Gasteiger partial charge in [-0.1, -0.05) is 25.4 Å². The summed E-state index contributed by atoms with van der Waals surface area (Å²) < 4.78 is 19.7. The van der Waals surface area contributed by atoms with Crippen molar-refractivity contribution < 1.29 is 13.9 Å². The lowest BCUT2D eigenvalue weighted by molar-refractivity contribution is -0.222. The van der Waals surface area contributed by atoms with Crippen molar-refractivity contribution in [2.24, 2.45) is 17.1 Å². The molecule has 1 aromatic carbocycles. The standard InChI is InChI=1S/C16H20ClFN2O2.ClH/c1-15(2)13-10(4-3-7-22-13)16(15,19)14(21)20-12-6-5-9(17)8-11(12)18;/h5-6,8,10,13H,3-4,7,19H2,1-2H3,(H,20,21);1H. The van der Waals surface area contributed by atoms with Gasteiger partial charge in [0.1, 0.15) is 11.4 Å². The van der Waals surface area contributed by atoms with E-state index in [1.54, 1.807) is 0 Å². The zero-order valence-electron chi connectivity index (χ0n) is 13.1. The molecule has 3 N–H and O–H groups in total. The highest BCUT2D eigenvalue weighted by Gasteiger charge is 2.70. The van der Waals surface area contributed by atoms with Crippen LogP contribution in [0.15, 0.2) is 18.2 Å². The second-order valence-corrected chi connectivity index (χ2v) is 7.15. The maximum Gasteiger partial charge on any atom is 0.245 e. The van der Waals surface area contributed by atoms with Crippen LogP contribution >= 0.6 is 24.0 Å². The molecule has 2 fully saturated rings. The minimum atomic E-state index is -1.07. The summed E-state index contributed by atoms with van der Waals surface area (Å²) in [5.41, 5.74) is 5.00. The van der Waals surface area contributed by atoms with Crippen LogP contribution < -0.4 is 11.1 Å². The third kappa shape index (κ3) is 2.64. The van der Waals surface area contributed by atoms with Crippen LogP contribution in [0.5, 0.6) is 0 Å². The fraction of sp³-hybridized carbons (Fsp3) is 0.562. The van der Waals surface area contributed by atoms with Gasteiger partial charge in [0.2, 0.25) is 5.91 Å². The molecule has 0 aromatic heterocycles.